The average Bonchev–Trinajstić information content (AvgIpc) is 3.23. The number of esters is 2. The lowest BCUT2D eigenvalue weighted by Gasteiger charge is -2.07. The maximum atomic E-state index is 11.7. The maximum Gasteiger partial charge on any atom is 0.358 e. The molecule has 0 amide bonds. The number of nitrogens with zero attached hydrogens (tertiary/aromatic N) is 2. The summed E-state index contributed by atoms with van der Waals surface area (Å²) in [5, 5.41) is 7.71. The Hall–Kier alpha value is -1.98. The van der Waals surface area contributed by atoms with E-state index in [0.717, 1.165) is 11.1 Å². The van der Waals surface area contributed by atoms with Crippen molar-refractivity contribution in [3.8, 4) is 0 Å². The van der Waals surface area contributed by atoms with Crippen molar-refractivity contribution in [2.75, 3.05) is 14.2 Å². The molecule has 2 bridgehead atoms. The predicted octanol–water partition coefficient (Wildman–Crippen LogP) is 0.490. The smallest absolute Gasteiger partial charge is 0.358 e. The number of hydrogen-bond acceptors (Lipinski definition) is 6. The average molecular weight is 246 g/mol. The lowest BCUT2D eigenvalue weighted by molar-refractivity contribution is 0.0572. The summed E-state index contributed by atoms with van der Waals surface area (Å²) in [6, 6.07) is 0. The minimum Gasteiger partial charge on any atom is -0.464 e. The molecule has 6 nitrogen and oxygen atoms in total. The first kappa shape index (κ1) is 9.99. The van der Waals surface area contributed by atoms with E-state index in [1.807, 2.05) is 0 Å². The third kappa shape index (κ3) is 0.913. The van der Waals surface area contributed by atoms with E-state index >= 15 is 0 Å². The van der Waals surface area contributed by atoms with Gasteiger partial charge >= 0.3 is 11.9 Å². The summed E-state index contributed by atoms with van der Waals surface area (Å²) < 4.78 is 9.41. The Bertz CT molecular complexity index is 551. The molecule has 1 heterocycles. The number of hydrogen-bond donors (Lipinski definition) is 0. The maximum absolute atomic E-state index is 11.7. The van der Waals surface area contributed by atoms with Gasteiger partial charge in [-0.05, 0) is 34.8 Å². The number of aromatic nitrogens is 2. The molecule has 0 aliphatic heterocycles. The van der Waals surface area contributed by atoms with E-state index in [4.69, 9.17) is 9.47 Å². The van der Waals surface area contributed by atoms with E-state index < -0.39 is 11.9 Å². The van der Waals surface area contributed by atoms with Crippen molar-refractivity contribution in [3.05, 3.63) is 22.5 Å². The second-order valence-electron chi connectivity index (χ2n) is 4.91. The van der Waals surface area contributed by atoms with E-state index in [1.165, 1.54) is 14.2 Å². The zero-order valence-electron chi connectivity index (χ0n) is 9.84. The minimum atomic E-state index is -0.484. The van der Waals surface area contributed by atoms with Crippen LogP contribution in [-0.4, -0.2) is 36.4 Å². The third-order valence-corrected chi connectivity index (χ3v) is 4.30. The highest BCUT2D eigenvalue weighted by Gasteiger charge is 2.81. The first-order valence-corrected chi connectivity index (χ1v) is 5.77. The fourth-order valence-corrected chi connectivity index (χ4v) is 3.42. The van der Waals surface area contributed by atoms with Crippen LogP contribution in [0.4, 0.5) is 0 Å². The van der Waals surface area contributed by atoms with Crippen LogP contribution in [0.3, 0.4) is 0 Å². The molecular formula is C12H10N2O4. The van der Waals surface area contributed by atoms with Crippen molar-refractivity contribution in [1.29, 1.82) is 0 Å². The molecule has 18 heavy (non-hydrogen) atoms. The Morgan fingerprint density at radius 2 is 1.28 bits per heavy atom. The zero-order chi connectivity index (χ0) is 12.6. The van der Waals surface area contributed by atoms with Gasteiger partial charge in [0.1, 0.15) is 0 Å². The molecule has 1 aromatic heterocycles. The van der Waals surface area contributed by atoms with E-state index in [-0.39, 0.29) is 11.4 Å². The molecule has 0 unspecified atom stereocenters. The number of carbonyl (C=O) groups is 2. The van der Waals surface area contributed by atoms with Gasteiger partial charge in [-0.15, -0.1) is 10.2 Å². The summed E-state index contributed by atoms with van der Waals surface area (Å²) >= 11 is 0. The molecule has 5 rings (SSSR count). The molecular weight excluding hydrogens is 236 g/mol. The molecule has 92 valence electrons. The zero-order valence-corrected chi connectivity index (χ0v) is 9.84. The van der Waals surface area contributed by atoms with Gasteiger partial charge < -0.3 is 9.47 Å². The Morgan fingerprint density at radius 3 is 1.61 bits per heavy atom. The van der Waals surface area contributed by atoms with Crippen molar-refractivity contribution in [3.63, 3.8) is 0 Å². The van der Waals surface area contributed by atoms with Crippen LogP contribution in [0.25, 0.3) is 0 Å². The minimum absolute atomic E-state index is 0.262. The summed E-state index contributed by atoms with van der Waals surface area (Å²) in [5.41, 5.74) is 2.27. The Labute approximate surface area is 102 Å². The van der Waals surface area contributed by atoms with Crippen LogP contribution in [0.2, 0.25) is 0 Å². The quantitative estimate of drug-likeness (QED) is 0.707. The third-order valence-electron chi connectivity index (χ3n) is 4.30. The summed E-state index contributed by atoms with van der Waals surface area (Å²) in [4.78, 5) is 23.3. The highest BCUT2D eigenvalue weighted by molar-refractivity contribution is 5.96. The van der Waals surface area contributed by atoms with Crippen LogP contribution in [0.5, 0.6) is 0 Å². The van der Waals surface area contributed by atoms with Gasteiger partial charge in [0.2, 0.25) is 0 Å². The normalized spacial score (nSPS) is 32.3. The molecule has 0 aromatic carbocycles. The second kappa shape index (κ2) is 2.88. The molecule has 0 atom stereocenters. The lowest BCUT2D eigenvalue weighted by Crippen LogP contribution is -2.15. The molecule has 2 fully saturated rings. The van der Waals surface area contributed by atoms with Crippen LogP contribution < -0.4 is 0 Å². The van der Waals surface area contributed by atoms with Crippen molar-refractivity contribution in [2.24, 2.45) is 11.8 Å². The van der Waals surface area contributed by atoms with Crippen LogP contribution in [0, 0.1) is 11.8 Å². The van der Waals surface area contributed by atoms with Crippen LogP contribution in [0.1, 0.15) is 43.9 Å². The van der Waals surface area contributed by atoms with Gasteiger partial charge in [-0.2, -0.15) is 0 Å². The second-order valence-corrected chi connectivity index (χ2v) is 4.91. The van der Waals surface area contributed by atoms with E-state index in [2.05, 4.69) is 10.2 Å². The van der Waals surface area contributed by atoms with Crippen molar-refractivity contribution in [2.45, 2.75) is 11.8 Å². The number of ether oxygens (including phenoxy) is 2. The standard InChI is InChI=1S/C12H10N2O4/c1-17-11(15)9-7-5-3-4(5)6(3)8(7)10(14-13-9)12(16)18-2/h3-6H,1-2H3. The fraction of sp³-hybridized carbons (Fsp3) is 0.500. The highest BCUT2D eigenvalue weighted by atomic mass is 16.5. The van der Waals surface area contributed by atoms with Crippen molar-refractivity contribution < 1.29 is 19.1 Å². The summed E-state index contributed by atoms with van der Waals surface area (Å²) in [7, 11) is 2.63. The topological polar surface area (TPSA) is 78.4 Å². The van der Waals surface area contributed by atoms with Gasteiger partial charge in [0.15, 0.2) is 11.4 Å². The molecule has 4 aliphatic carbocycles. The van der Waals surface area contributed by atoms with Crippen LogP contribution in [-0.2, 0) is 9.47 Å². The molecule has 0 spiro atoms. The first-order valence-electron chi connectivity index (χ1n) is 5.77. The summed E-state index contributed by atoms with van der Waals surface area (Å²) in [6.45, 7) is 0. The summed E-state index contributed by atoms with van der Waals surface area (Å²) in [6.07, 6.45) is 0. The molecule has 2 saturated carbocycles. The Kier molecular flexibility index (Phi) is 1.60. The van der Waals surface area contributed by atoms with Gasteiger partial charge in [0, 0.05) is 0 Å². The van der Waals surface area contributed by atoms with Gasteiger partial charge in [-0.1, -0.05) is 0 Å². The molecule has 0 radical (unpaired) electrons. The van der Waals surface area contributed by atoms with E-state index in [9.17, 15) is 9.59 Å². The molecule has 1 aromatic rings. The monoisotopic (exact) mass is 246 g/mol. The number of methoxy groups -OCH3 is 2. The molecule has 4 aliphatic rings. The van der Waals surface area contributed by atoms with Crippen LogP contribution in [0.15, 0.2) is 0 Å². The summed E-state index contributed by atoms with van der Waals surface area (Å²) in [5.74, 6) is 0.996. The van der Waals surface area contributed by atoms with Crippen molar-refractivity contribution in [1.82, 2.24) is 10.2 Å². The highest BCUT2D eigenvalue weighted by Crippen LogP contribution is 2.88. The number of rotatable bonds is 2. The molecule has 6 heteroatoms. The van der Waals surface area contributed by atoms with Gasteiger partial charge in [0.25, 0.3) is 0 Å². The van der Waals surface area contributed by atoms with Gasteiger partial charge in [0.05, 0.1) is 14.2 Å². The first-order chi connectivity index (χ1) is 8.70. The van der Waals surface area contributed by atoms with E-state index in [0.29, 0.717) is 23.7 Å². The van der Waals surface area contributed by atoms with Gasteiger partial charge in [-0.3, -0.25) is 0 Å². The van der Waals surface area contributed by atoms with Crippen LogP contribution >= 0.6 is 0 Å². The Morgan fingerprint density at radius 1 is 0.889 bits per heavy atom. The number of carbonyl (C=O) groups excluding carboxylic acids is 2. The molecule has 0 saturated heterocycles. The molecule has 0 N–H and O–H groups in total. The van der Waals surface area contributed by atoms with E-state index in [1.54, 1.807) is 0 Å². The lowest BCUT2D eigenvalue weighted by atomic mass is 10.1. The SMILES string of the molecule is COC(=O)c1nnc(C(=O)OC)c2c1C1C3C2C13. The predicted molar refractivity (Wildman–Crippen MR) is 57.2 cm³/mol. The largest absolute Gasteiger partial charge is 0.464 e. The van der Waals surface area contributed by atoms with Crippen molar-refractivity contribution >= 4 is 11.9 Å². The Balaban J connectivity index is 1.90. The van der Waals surface area contributed by atoms with Gasteiger partial charge in [-0.25, -0.2) is 9.59 Å². The fourth-order valence-electron chi connectivity index (χ4n) is 3.42.